The second kappa shape index (κ2) is 9.59. The molecule has 0 aliphatic carbocycles. The molecule has 0 aromatic heterocycles. The molecule has 154 valence electrons. The summed E-state index contributed by atoms with van der Waals surface area (Å²) in [5.74, 6) is 0.390. The fraction of sp³-hybridized carbons (Fsp3) is 0.417. The Labute approximate surface area is 173 Å². The maximum Gasteiger partial charge on any atom is 0.256 e. The molecule has 0 saturated heterocycles. The van der Waals surface area contributed by atoms with Gasteiger partial charge in [-0.15, -0.1) is 0 Å². The topological polar surface area (TPSA) is 61.4 Å². The predicted molar refractivity (Wildman–Crippen MR) is 117 cm³/mol. The summed E-state index contributed by atoms with van der Waals surface area (Å²) < 4.78 is 0. The molecule has 0 bridgehead atoms. The lowest BCUT2D eigenvalue weighted by atomic mass is 10.1. The molecule has 1 aliphatic rings. The zero-order chi connectivity index (χ0) is 20.8. The lowest BCUT2D eigenvalue weighted by Gasteiger charge is -2.28. The fourth-order valence-corrected chi connectivity index (χ4v) is 3.66. The predicted octanol–water partition coefficient (Wildman–Crippen LogP) is 4.83. The highest BCUT2D eigenvalue weighted by Crippen LogP contribution is 2.34. The first-order valence-electron chi connectivity index (χ1n) is 10.6. The molecule has 29 heavy (non-hydrogen) atoms. The number of nitrogens with zero attached hydrogens (tertiary/aromatic N) is 1. The quantitative estimate of drug-likeness (QED) is 0.600. The van der Waals surface area contributed by atoms with E-state index in [0.717, 1.165) is 36.1 Å². The maximum absolute atomic E-state index is 12.9. The Hall–Kier alpha value is -2.82. The molecule has 0 spiro atoms. The van der Waals surface area contributed by atoms with Crippen molar-refractivity contribution >= 4 is 17.5 Å². The Morgan fingerprint density at radius 2 is 1.79 bits per heavy atom. The van der Waals surface area contributed by atoms with Gasteiger partial charge >= 0.3 is 0 Å². The smallest absolute Gasteiger partial charge is 0.256 e. The van der Waals surface area contributed by atoms with Crippen molar-refractivity contribution in [2.45, 2.75) is 46.2 Å². The van der Waals surface area contributed by atoms with Crippen molar-refractivity contribution in [3.8, 4) is 0 Å². The van der Waals surface area contributed by atoms with Gasteiger partial charge in [-0.2, -0.15) is 0 Å². The molecule has 2 N–H and O–H groups in total. The highest BCUT2D eigenvalue weighted by atomic mass is 16.2. The molecular formula is C24H31N3O2. The van der Waals surface area contributed by atoms with Crippen molar-refractivity contribution < 1.29 is 9.59 Å². The Morgan fingerprint density at radius 1 is 1.07 bits per heavy atom. The van der Waals surface area contributed by atoms with Crippen LogP contribution in [0, 0.1) is 5.92 Å². The van der Waals surface area contributed by atoms with Gasteiger partial charge in [0.05, 0.1) is 0 Å². The van der Waals surface area contributed by atoms with Crippen molar-refractivity contribution in [2.75, 3.05) is 18.4 Å². The van der Waals surface area contributed by atoms with Crippen LogP contribution >= 0.6 is 0 Å². The Balaban J connectivity index is 1.71. The molecule has 2 aromatic rings. The number of hydrogen-bond acceptors (Lipinski definition) is 3. The van der Waals surface area contributed by atoms with Crippen molar-refractivity contribution in [3.05, 3.63) is 65.2 Å². The summed E-state index contributed by atoms with van der Waals surface area (Å²) in [6.07, 6.45) is 3.06. The van der Waals surface area contributed by atoms with Crippen LogP contribution in [0.2, 0.25) is 0 Å². The van der Waals surface area contributed by atoms with E-state index in [2.05, 4.69) is 31.4 Å². The third-order valence-corrected chi connectivity index (χ3v) is 5.14. The number of carbonyl (C=O) groups is 2. The summed E-state index contributed by atoms with van der Waals surface area (Å²) in [7, 11) is 0. The fourth-order valence-electron chi connectivity index (χ4n) is 3.66. The SMILES string of the molecule is CCCCCNC(=O)c1ccc(N[C@@H]2c3ccccc3C(=O)N2CC(C)C)cc1. The van der Waals surface area contributed by atoms with Gasteiger partial charge in [0.2, 0.25) is 0 Å². The highest BCUT2D eigenvalue weighted by molar-refractivity contribution is 5.99. The first-order valence-corrected chi connectivity index (χ1v) is 10.6. The van der Waals surface area contributed by atoms with E-state index in [1.54, 1.807) is 0 Å². The first kappa shape index (κ1) is 20.9. The number of nitrogens with one attached hydrogen (secondary N) is 2. The van der Waals surface area contributed by atoms with E-state index in [4.69, 9.17) is 0 Å². The minimum atomic E-state index is -0.199. The molecular weight excluding hydrogens is 362 g/mol. The van der Waals surface area contributed by atoms with Gasteiger partial charge < -0.3 is 15.5 Å². The summed E-state index contributed by atoms with van der Waals surface area (Å²) in [4.78, 5) is 27.0. The van der Waals surface area contributed by atoms with E-state index >= 15 is 0 Å². The Kier molecular flexibility index (Phi) is 6.91. The summed E-state index contributed by atoms with van der Waals surface area (Å²) in [6, 6.07) is 15.2. The lowest BCUT2D eigenvalue weighted by molar-refractivity contribution is 0.0720. The monoisotopic (exact) mass is 393 g/mol. The lowest BCUT2D eigenvalue weighted by Crippen LogP contribution is -2.35. The van der Waals surface area contributed by atoms with E-state index < -0.39 is 0 Å². The largest absolute Gasteiger partial charge is 0.361 e. The molecule has 1 atom stereocenters. The zero-order valence-electron chi connectivity index (χ0n) is 17.6. The third-order valence-electron chi connectivity index (χ3n) is 5.14. The second-order valence-electron chi connectivity index (χ2n) is 8.03. The van der Waals surface area contributed by atoms with Crippen molar-refractivity contribution in [2.24, 2.45) is 5.92 Å². The summed E-state index contributed by atoms with van der Waals surface area (Å²) in [5.41, 5.74) is 3.29. The van der Waals surface area contributed by atoms with E-state index in [-0.39, 0.29) is 18.0 Å². The van der Waals surface area contributed by atoms with Gasteiger partial charge in [-0.25, -0.2) is 0 Å². The number of unbranched alkanes of at least 4 members (excludes halogenated alkanes) is 2. The number of benzene rings is 2. The summed E-state index contributed by atoms with van der Waals surface area (Å²) in [6.45, 7) is 7.76. The molecule has 2 amide bonds. The molecule has 1 heterocycles. The van der Waals surface area contributed by atoms with Crippen molar-refractivity contribution in [3.63, 3.8) is 0 Å². The van der Waals surface area contributed by atoms with Crippen LogP contribution < -0.4 is 10.6 Å². The van der Waals surface area contributed by atoms with Crippen LogP contribution in [0.5, 0.6) is 0 Å². The van der Waals surface area contributed by atoms with Crippen LogP contribution in [0.1, 0.15) is 72.5 Å². The molecule has 5 heteroatoms. The number of hydrogen-bond donors (Lipinski definition) is 2. The van der Waals surface area contributed by atoms with Gasteiger partial charge in [0, 0.05) is 35.5 Å². The van der Waals surface area contributed by atoms with Gasteiger partial charge in [0.25, 0.3) is 11.8 Å². The third kappa shape index (κ3) is 4.97. The van der Waals surface area contributed by atoms with Crippen LogP contribution in [0.15, 0.2) is 48.5 Å². The minimum absolute atomic E-state index is 0.0459. The molecule has 1 aliphatic heterocycles. The maximum atomic E-state index is 12.9. The molecule has 0 unspecified atom stereocenters. The van der Waals surface area contributed by atoms with Crippen molar-refractivity contribution in [1.82, 2.24) is 10.2 Å². The zero-order valence-corrected chi connectivity index (χ0v) is 17.6. The number of rotatable bonds is 9. The van der Waals surface area contributed by atoms with E-state index in [1.807, 2.05) is 53.4 Å². The van der Waals surface area contributed by atoms with E-state index in [9.17, 15) is 9.59 Å². The second-order valence-corrected chi connectivity index (χ2v) is 8.03. The molecule has 5 nitrogen and oxygen atoms in total. The molecule has 2 aromatic carbocycles. The number of fused-ring (bicyclic) bond motifs is 1. The Bertz CT molecular complexity index is 845. The van der Waals surface area contributed by atoms with Crippen LogP contribution in [-0.4, -0.2) is 29.8 Å². The van der Waals surface area contributed by atoms with E-state index in [1.165, 1.54) is 0 Å². The van der Waals surface area contributed by atoms with Gasteiger partial charge in [0.15, 0.2) is 0 Å². The normalized spacial score (nSPS) is 15.5. The van der Waals surface area contributed by atoms with Gasteiger partial charge in [-0.1, -0.05) is 51.8 Å². The highest BCUT2D eigenvalue weighted by Gasteiger charge is 2.36. The molecule has 0 radical (unpaired) electrons. The minimum Gasteiger partial charge on any atom is -0.361 e. The number of carbonyl (C=O) groups excluding carboxylic acids is 2. The van der Waals surface area contributed by atoms with Gasteiger partial charge in [-0.05, 0) is 42.7 Å². The van der Waals surface area contributed by atoms with Crippen molar-refractivity contribution in [1.29, 1.82) is 0 Å². The standard InChI is InChI=1S/C24H31N3O2/c1-4-5-8-15-25-23(28)18-11-13-19(14-12-18)26-22-20-9-6-7-10-21(20)24(29)27(22)16-17(2)3/h6-7,9-14,17,22,26H,4-5,8,15-16H2,1-3H3,(H,25,28)/t22-/m0/s1. The summed E-state index contributed by atoms with van der Waals surface area (Å²) in [5, 5.41) is 6.44. The molecule has 0 saturated carbocycles. The van der Waals surface area contributed by atoms with Crippen LogP contribution in [-0.2, 0) is 0 Å². The van der Waals surface area contributed by atoms with Crippen LogP contribution in [0.4, 0.5) is 5.69 Å². The average molecular weight is 394 g/mol. The van der Waals surface area contributed by atoms with Gasteiger partial charge in [0.1, 0.15) is 6.17 Å². The first-order chi connectivity index (χ1) is 14.0. The number of amides is 2. The molecule has 3 rings (SSSR count). The average Bonchev–Trinajstić information content (AvgIpc) is 2.97. The number of anilines is 1. The van der Waals surface area contributed by atoms with Gasteiger partial charge in [-0.3, -0.25) is 9.59 Å². The van der Waals surface area contributed by atoms with Crippen LogP contribution in [0.3, 0.4) is 0 Å². The molecule has 0 fully saturated rings. The van der Waals surface area contributed by atoms with Crippen LogP contribution in [0.25, 0.3) is 0 Å². The van der Waals surface area contributed by atoms with E-state index in [0.29, 0.717) is 24.6 Å². The summed E-state index contributed by atoms with van der Waals surface area (Å²) >= 11 is 0. The Morgan fingerprint density at radius 3 is 2.48 bits per heavy atom.